The third kappa shape index (κ3) is 4.28. The zero-order valence-corrected chi connectivity index (χ0v) is 11.0. The number of rotatable bonds is 5. The van der Waals surface area contributed by atoms with Crippen molar-refractivity contribution in [2.24, 2.45) is 0 Å². The first-order valence-electron chi connectivity index (χ1n) is 5.25. The Hall–Kier alpha value is -0.940. The minimum Gasteiger partial charge on any atom is -0.355 e. The maximum Gasteiger partial charge on any atom is 0.236 e. The van der Waals surface area contributed by atoms with Gasteiger partial charge in [0.2, 0.25) is 5.91 Å². The molecule has 0 aliphatic heterocycles. The van der Waals surface area contributed by atoms with Crippen molar-refractivity contribution in [3.63, 3.8) is 0 Å². The molecule has 0 spiro atoms. The number of hydrogen-bond acceptors (Lipinski definition) is 3. The van der Waals surface area contributed by atoms with Crippen molar-refractivity contribution in [2.75, 3.05) is 6.54 Å². The summed E-state index contributed by atoms with van der Waals surface area (Å²) in [4.78, 5) is 15.6. The van der Waals surface area contributed by atoms with Gasteiger partial charge in [0.05, 0.1) is 11.7 Å². The number of likely N-dealkylation sites (N-methyl/N-ethyl adjacent to an activating group) is 1. The Labute approximate surface area is 104 Å². The summed E-state index contributed by atoms with van der Waals surface area (Å²) < 4.78 is 0.952. The van der Waals surface area contributed by atoms with Crippen LogP contribution >= 0.6 is 15.9 Å². The molecular weight excluding hydrogens is 270 g/mol. The Bertz CT molecular complexity index is 340. The van der Waals surface area contributed by atoms with Crippen LogP contribution in [0.3, 0.4) is 0 Å². The third-order valence-electron chi connectivity index (χ3n) is 2.12. The van der Waals surface area contributed by atoms with E-state index in [1.165, 1.54) is 0 Å². The van der Waals surface area contributed by atoms with Crippen LogP contribution in [-0.4, -0.2) is 23.5 Å². The molecule has 4 nitrogen and oxygen atoms in total. The molecule has 5 heteroatoms. The molecule has 2 N–H and O–H groups in total. The van der Waals surface area contributed by atoms with Crippen LogP contribution in [0.5, 0.6) is 0 Å². The highest BCUT2D eigenvalue weighted by atomic mass is 79.9. The second-order valence-corrected chi connectivity index (χ2v) is 4.38. The predicted molar refractivity (Wildman–Crippen MR) is 66.9 cm³/mol. The summed E-state index contributed by atoms with van der Waals surface area (Å²) in [5.41, 5.74) is 0.916. The molecule has 1 atom stereocenters. The molecule has 1 rings (SSSR count). The highest BCUT2D eigenvalue weighted by Gasteiger charge is 2.10. The first-order chi connectivity index (χ1) is 7.63. The maximum absolute atomic E-state index is 11.4. The molecule has 0 saturated carbocycles. The van der Waals surface area contributed by atoms with Gasteiger partial charge in [0.25, 0.3) is 0 Å². The molecule has 0 bridgehead atoms. The van der Waals surface area contributed by atoms with E-state index in [2.05, 4.69) is 31.5 Å². The van der Waals surface area contributed by atoms with E-state index in [9.17, 15) is 4.79 Å². The molecule has 0 fully saturated rings. The summed E-state index contributed by atoms with van der Waals surface area (Å²) in [5.74, 6) is 0.0135. The molecule has 1 heterocycles. The summed E-state index contributed by atoms with van der Waals surface area (Å²) in [6, 6.07) is 3.65. The summed E-state index contributed by atoms with van der Waals surface area (Å²) in [6.45, 7) is 4.98. The lowest BCUT2D eigenvalue weighted by molar-refractivity contribution is -0.122. The average Bonchev–Trinajstić information content (AvgIpc) is 2.28. The number of amides is 1. The number of halogens is 1. The summed E-state index contributed by atoms with van der Waals surface area (Å²) in [5, 5.41) is 5.87. The van der Waals surface area contributed by atoms with Crippen molar-refractivity contribution in [2.45, 2.75) is 26.4 Å². The smallest absolute Gasteiger partial charge is 0.236 e. The van der Waals surface area contributed by atoms with Gasteiger partial charge in [0.1, 0.15) is 0 Å². The van der Waals surface area contributed by atoms with E-state index in [-0.39, 0.29) is 11.9 Å². The Morgan fingerprint density at radius 2 is 2.31 bits per heavy atom. The van der Waals surface area contributed by atoms with Gasteiger partial charge in [-0.25, -0.2) is 0 Å². The lowest BCUT2D eigenvalue weighted by Crippen LogP contribution is -2.41. The molecule has 1 aromatic rings. The maximum atomic E-state index is 11.4. The minimum atomic E-state index is -0.203. The standard InChI is InChI=1S/C11H16BrN3O/c1-3-13-11(16)8(2)14-7-10-5-4-9(12)6-15-10/h4-6,8,14H,3,7H2,1-2H3,(H,13,16). The van der Waals surface area contributed by atoms with Crippen LogP contribution in [-0.2, 0) is 11.3 Å². The van der Waals surface area contributed by atoms with Crippen molar-refractivity contribution >= 4 is 21.8 Å². The number of aromatic nitrogens is 1. The van der Waals surface area contributed by atoms with Gasteiger partial charge in [-0.05, 0) is 41.9 Å². The van der Waals surface area contributed by atoms with Gasteiger partial charge in [0.15, 0.2) is 0 Å². The van der Waals surface area contributed by atoms with Crippen molar-refractivity contribution < 1.29 is 4.79 Å². The summed E-state index contributed by atoms with van der Waals surface area (Å²) in [6.07, 6.45) is 1.74. The van der Waals surface area contributed by atoms with E-state index in [4.69, 9.17) is 0 Å². The molecule has 1 amide bonds. The van der Waals surface area contributed by atoms with E-state index in [0.29, 0.717) is 13.1 Å². The topological polar surface area (TPSA) is 54.0 Å². The molecule has 0 aliphatic carbocycles. The number of carbonyl (C=O) groups excluding carboxylic acids is 1. The largest absolute Gasteiger partial charge is 0.355 e. The Balaban J connectivity index is 2.39. The molecule has 0 aromatic carbocycles. The first-order valence-corrected chi connectivity index (χ1v) is 6.04. The van der Waals surface area contributed by atoms with Gasteiger partial charge >= 0.3 is 0 Å². The highest BCUT2D eigenvalue weighted by molar-refractivity contribution is 9.10. The molecular formula is C11H16BrN3O. The lowest BCUT2D eigenvalue weighted by atomic mass is 10.3. The normalized spacial score (nSPS) is 12.2. The van der Waals surface area contributed by atoms with Crippen LogP contribution in [0.25, 0.3) is 0 Å². The molecule has 1 aromatic heterocycles. The lowest BCUT2D eigenvalue weighted by Gasteiger charge is -2.12. The van der Waals surface area contributed by atoms with E-state index >= 15 is 0 Å². The molecule has 88 valence electrons. The summed E-state index contributed by atoms with van der Waals surface area (Å²) in [7, 11) is 0. The van der Waals surface area contributed by atoms with Gasteiger partial charge in [0, 0.05) is 23.8 Å². The van der Waals surface area contributed by atoms with Crippen LogP contribution < -0.4 is 10.6 Å². The SMILES string of the molecule is CCNC(=O)C(C)NCc1ccc(Br)cn1. The van der Waals surface area contributed by atoms with Gasteiger partial charge in [-0.1, -0.05) is 0 Å². The summed E-state index contributed by atoms with van der Waals surface area (Å²) >= 11 is 3.32. The van der Waals surface area contributed by atoms with Crippen LogP contribution in [0, 0.1) is 0 Å². The Morgan fingerprint density at radius 3 is 2.88 bits per heavy atom. The van der Waals surface area contributed by atoms with Crippen LogP contribution in [0.15, 0.2) is 22.8 Å². The monoisotopic (exact) mass is 285 g/mol. The zero-order chi connectivity index (χ0) is 12.0. The minimum absolute atomic E-state index is 0.0135. The first kappa shape index (κ1) is 13.1. The highest BCUT2D eigenvalue weighted by Crippen LogP contribution is 2.07. The molecule has 0 radical (unpaired) electrons. The van der Waals surface area contributed by atoms with Gasteiger partial charge in [-0.15, -0.1) is 0 Å². The van der Waals surface area contributed by atoms with Gasteiger partial charge in [-0.2, -0.15) is 0 Å². The quantitative estimate of drug-likeness (QED) is 0.861. The van der Waals surface area contributed by atoms with Gasteiger partial charge in [-0.3, -0.25) is 9.78 Å². The van der Waals surface area contributed by atoms with Crippen LogP contribution in [0.1, 0.15) is 19.5 Å². The molecule has 1 unspecified atom stereocenters. The number of nitrogens with zero attached hydrogens (tertiary/aromatic N) is 1. The fourth-order valence-corrected chi connectivity index (χ4v) is 1.42. The molecule has 16 heavy (non-hydrogen) atoms. The fraction of sp³-hybridized carbons (Fsp3) is 0.455. The second kappa shape index (κ2) is 6.60. The molecule has 0 aliphatic rings. The van der Waals surface area contributed by atoms with Crippen molar-refractivity contribution in [3.05, 3.63) is 28.5 Å². The zero-order valence-electron chi connectivity index (χ0n) is 9.46. The van der Waals surface area contributed by atoms with Gasteiger partial charge < -0.3 is 10.6 Å². The van der Waals surface area contributed by atoms with Crippen molar-refractivity contribution in [1.82, 2.24) is 15.6 Å². The average molecular weight is 286 g/mol. The number of carbonyl (C=O) groups is 1. The van der Waals surface area contributed by atoms with E-state index in [1.807, 2.05) is 26.0 Å². The van der Waals surface area contributed by atoms with E-state index in [0.717, 1.165) is 10.2 Å². The number of nitrogens with one attached hydrogen (secondary N) is 2. The number of pyridine rings is 1. The van der Waals surface area contributed by atoms with E-state index < -0.39 is 0 Å². The Morgan fingerprint density at radius 1 is 1.56 bits per heavy atom. The van der Waals surface area contributed by atoms with Crippen molar-refractivity contribution in [3.8, 4) is 0 Å². The third-order valence-corrected chi connectivity index (χ3v) is 2.59. The predicted octanol–water partition coefficient (Wildman–Crippen LogP) is 1.46. The van der Waals surface area contributed by atoms with Crippen molar-refractivity contribution in [1.29, 1.82) is 0 Å². The number of hydrogen-bond donors (Lipinski definition) is 2. The molecule has 0 saturated heterocycles. The second-order valence-electron chi connectivity index (χ2n) is 3.46. The Kier molecular flexibility index (Phi) is 5.42. The van der Waals surface area contributed by atoms with E-state index in [1.54, 1.807) is 6.20 Å². The fourth-order valence-electron chi connectivity index (χ4n) is 1.19. The van der Waals surface area contributed by atoms with Crippen LogP contribution in [0.2, 0.25) is 0 Å². The van der Waals surface area contributed by atoms with Crippen LogP contribution in [0.4, 0.5) is 0 Å².